The number of rotatable bonds is 6. The zero-order valence-electron chi connectivity index (χ0n) is 15.9. The fraction of sp³-hybridized carbons (Fsp3) is 0.200. The lowest BCUT2D eigenvalue weighted by Crippen LogP contribution is -2.32. The molecule has 3 N–H and O–H groups in total. The van der Waals surface area contributed by atoms with Crippen LogP contribution in [0.5, 0.6) is 0 Å². The van der Waals surface area contributed by atoms with Gasteiger partial charge in [0, 0.05) is 5.02 Å². The lowest BCUT2D eigenvalue weighted by Gasteiger charge is -2.07. The molecule has 1 fully saturated rings. The molecule has 154 valence electrons. The van der Waals surface area contributed by atoms with Crippen molar-refractivity contribution in [1.82, 2.24) is 16.1 Å². The Morgan fingerprint density at radius 1 is 1.37 bits per heavy atom. The second-order valence-corrected chi connectivity index (χ2v) is 7.90. The first-order valence-electron chi connectivity index (χ1n) is 8.94. The SMILES string of the molecule is CC(=N\NC(=O)NCc1ccco1)/C(C#N)=C1\NC(=O)[C@@H](Cc2ccccc2Cl)S1. The Morgan fingerprint density at radius 3 is 2.87 bits per heavy atom. The van der Waals surface area contributed by atoms with Crippen LogP contribution in [0.3, 0.4) is 0 Å². The summed E-state index contributed by atoms with van der Waals surface area (Å²) in [5.41, 5.74) is 3.63. The maximum Gasteiger partial charge on any atom is 0.335 e. The molecule has 1 aromatic heterocycles. The van der Waals surface area contributed by atoms with Crippen molar-refractivity contribution in [2.45, 2.75) is 25.1 Å². The number of allylic oxidation sites excluding steroid dienone is 1. The standard InChI is InChI=1S/C20H18ClN5O3S/c1-12(25-26-20(28)23-11-14-6-4-8-29-14)15(10-22)19-24-18(27)17(30-19)9-13-5-2-3-7-16(13)21/h2-8,17H,9,11H2,1H3,(H,24,27)(H2,23,26,28)/b19-15+,25-12+/t17-/m1/s1. The Balaban J connectivity index is 1.64. The van der Waals surface area contributed by atoms with Gasteiger partial charge in [-0.2, -0.15) is 10.4 Å². The molecule has 0 aliphatic carbocycles. The van der Waals surface area contributed by atoms with Crippen molar-refractivity contribution in [3.63, 3.8) is 0 Å². The lowest BCUT2D eigenvalue weighted by atomic mass is 10.1. The molecule has 30 heavy (non-hydrogen) atoms. The van der Waals surface area contributed by atoms with Crippen LogP contribution in [0.2, 0.25) is 5.02 Å². The molecule has 0 spiro atoms. The smallest absolute Gasteiger partial charge is 0.335 e. The van der Waals surface area contributed by atoms with Gasteiger partial charge in [0.1, 0.15) is 17.4 Å². The van der Waals surface area contributed by atoms with Crippen molar-refractivity contribution in [2.24, 2.45) is 5.10 Å². The van der Waals surface area contributed by atoms with Gasteiger partial charge in [-0.25, -0.2) is 10.2 Å². The molecular formula is C20H18ClN5O3S. The van der Waals surface area contributed by atoms with Crippen LogP contribution in [0.1, 0.15) is 18.2 Å². The quantitative estimate of drug-likeness (QED) is 0.359. The van der Waals surface area contributed by atoms with Crippen molar-refractivity contribution in [1.29, 1.82) is 5.26 Å². The van der Waals surface area contributed by atoms with Crippen LogP contribution >= 0.6 is 23.4 Å². The first-order chi connectivity index (χ1) is 14.5. The van der Waals surface area contributed by atoms with Gasteiger partial charge in [-0.15, -0.1) is 0 Å². The van der Waals surface area contributed by atoms with Gasteiger partial charge in [0.05, 0.1) is 28.8 Å². The molecule has 8 nitrogen and oxygen atoms in total. The molecule has 0 bridgehead atoms. The second kappa shape index (κ2) is 10.0. The van der Waals surface area contributed by atoms with E-state index in [4.69, 9.17) is 16.0 Å². The Bertz CT molecular complexity index is 1040. The summed E-state index contributed by atoms with van der Waals surface area (Å²) in [6, 6.07) is 12.2. The van der Waals surface area contributed by atoms with Crippen LogP contribution in [0, 0.1) is 11.3 Å². The van der Waals surface area contributed by atoms with Crippen molar-refractivity contribution in [3.05, 3.63) is 69.6 Å². The van der Waals surface area contributed by atoms with Gasteiger partial charge in [-0.1, -0.05) is 41.6 Å². The van der Waals surface area contributed by atoms with Gasteiger partial charge >= 0.3 is 6.03 Å². The minimum Gasteiger partial charge on any atom is -0.467 e. The first-order valence-corrected chi connectivity index (χ1v) is 10.2. The van der Waals surface area contributed by atoms with Crippen LogP contribution in [0.25, 0.3) is 0 Å². The third kappa shape index (κ3) is 5.43. The molecule has 1 aliphatic heterocycles. The maximum absolute atomic E-state index is 12.4. The van der Waals surface area contributed by atoms with Gasteiger partial charge in [0.15, 0.2) is 0 Å². The van der Waals surface area contributed by atoms with Gasteiger partial charge in [-0.05, 0) is 37.1 Å². The van der Waals surface area contributed by atoms with Gasteiger partial charge in [0.2, 0.25) is 5.91 Å². The van der Waals surface area contributed by atoms with Gasteiger partial charge in [0.25, 0.3) is 0 Å². The van der Waals surface area contributed by atoms with Crippen molar-refractivity contribution >= 4 is 41.0 Å². The summed E-state index contributed by atoms with van der Waals surface area (Å²) in [5, 5.41) is 19.4. The molecule has 0 radical (unpaired) electrons. The number of nitrogens with one attached hydrogen (secondary N) is 3. The van der Waals surface area contributed by atoms with Crippen LogP contribution in [-0.2, 0) is 17.8 Å². The second-order valence-electron chi connectivity index (χ2n) is 6.28. The van der Waals surface area contributed by atoms with E-state index in [9.17, 15) is 14.9 Å². The monoisotopic (exact) mass is 443 g/mol. The molecule has 1 atom stereocenters. The maximum atomic E-state index is 12.4. The van der Waals surface area contributed by atoms with Crippen LogP contribution in [0.4, 0.5) is 4.79 Å². The molecule has 1 aromatic carbocycles. The summed E-state index contributed by atoms with van der Waals surface area (Å²) >= 11 is 7.42. The fourth-order valence-corrected chi connectivity index (χ4v) is 4.04. The average molecular weight is 444 g/mol. The van der Waals surface area contributed by atoms with E-state index < -0.39 is 11.3 Å². The largest absolute Gasteiger partial charge is 0.467 e. The molecule has 3 rings (SSSR count). The van der Waals surface area contributed by atoms with Gasteiger partial charge in [-0.3, -0.25) is 4.79 Å². The van der Waals surface area contributed by atoms with Crippen LogP contribution in [0.15, 0.2) is 62.8 Å². The fourth-order valence-electron chi connectivity index (χ4n) is 2.64. The molecule has 2 aromatic rings. The average Bonchev–Trinajstić information content (AvgIpc) is 3.37. The number of hydrogen-bond acceptors (Lipinski definition) is 6. The highest BCUT2D eigenvalue weighted by Gasteiger charge is 2.32. The van der Waals surface area contributed by atoms with Crippen LogP contribution < -0.4 is 16.1 Å². The molecular weight excluding hydrogens is 426 g/mol. The molecule has 10 heteroatoms. The van der Waals surface area contributed by atoms with E-state index in [1.807, 2.05) is 24.3 Å². The highest BCUT2D eigenvalue weighted by molar-refractivity contribution is 8.04. The van der Waals surface area contributed by atoms with E-state index in [1.54, 1.807) is 25.1 Å². The number of carbonyl (C=O) groups is 2. The summed E-state index contributed by atoms with van der Waals surface area (Å²) in [7, 11) is 0. The summed E-state index contributed by atoms with van der Waals surface area (Å²) in [6.45, 7) is 1.78. The minimum atomic E-state index is -0.548. The zero-order chi connectivity index (χ0) is 21.5. The molecule has 0 unspecified atom stereocenters. The van der Waals surface area contributed by atoms with Crippen molar-refractivity contribution in [2.75, 3.05) is 0 Å². The lowest BCUT2D eigenvalue weighted by molar-refractivity contribution is -0.119. The number of nitrogens with zero attached hydrogens (tertiary/aromatic N) is 2. The Morgan fingerprint density at radius 2 is 2.17 bits per heavy atom. The highest BCUT2D eigenvalue weighted by Crippen LogP contribution is 2.33. The minimum absolute atomic E-state index is 0.182. The summed E-state index contributed by atoms with van der Waals surface area (Å²) in [4.78, 5) is 24.2. The van der Waals surface area contributed by atoms with E-state index in [0.717, 1.165) is 5.56 Å². The predicted molar refractivity (Wildman–Crippen MR) is 115 cm³/mol. The number of amides is 3. The number of nitriles is 1. The summed E-state index contributed by atoms with van der Waals surface area (Å²) < 4.78 is 5.12. The Labute approximate surface area is 182 Å². The predicted octanol–water partition coefficient (Wildman–Crippen LogP) is 3.32. The number of benzene rings is 1. The molecule has 1 saturated heterocycles. The number of furan rings is 1. The zero-order valence-corrected chi connectivity index (χ0v) is 17.5. The number of hydrogen-bond donors (Lipinski definition) is 3. The Hall–Kier alpha value is -3.22. The van der Waals surface area contributed by atoms with E-state index in [0.29, 0.717) is 22.2 Å². The van der Waals surface area contributed by atoms with Gasteiger partial charge < -0.3 is 15.1 Å². The summed E-state index contributed by atoms with van der Waals surface area (Å²) in [5.74, 6) is 0.389. The number of carbonyl (C=O) groups excluding carboxylic acids is 2. The third-order valence-electron chi connectivity index (χ3n) is 4.18. The van der Waals surface area contributed by atoms with E-state index >= 15 is 0 Å². The first kappa shape index (κ1) is 21.5. The highest BCUT2D eigenvalue weighted by atomic mass is 35.5. The van der Waals surface area contributed by atoms with E-state index in [1.165, 1.54) is 18.0 Å². The normalized spacial score (nSPS) is 17.8. The van der Waals surface area contributed by atoms with E-state index in [2.05, 4.69) is 21.2 Å². The molecule has 0 saturated carbocycles. The molecule has 3 amide bonds. The Kier molecular flexibility index (Phi) is 7.17. The topological polar surface area (TPSA) is 120 Å². The van der Waals surface area contributed by atoms with Crippen LogP contribution in [-0.4, -0.2) is 22.9 Å². The number of halogens is 1. The van der Waals surface area contributed by atoms with E-state index in [-0.39, 0.29) is 23.7 Å². The number of urea groups is 1. The van der Waals surface area contributed by atoms with Crippen molar-refractivity contribution < 1.29 is 14.0 Å². The summed E-state index contributed by atoms with van der Waals surface area (Å²) in [6.07, 6.45) is 1.94. The molecule has 2 heterocycles. The molecule has 1 aliphatic rings. The van der Waals surface area contributed by atoms with Crippen molar-refractivity contribution in [3.8, 4) is 6.07 Å². The number of hydrazone groups is 1. The third-order valence-corrected chi connectivity index (χ3v) is 5.76. The number of thioether (sulfide) groups is 1.